The molecule has 54 heavy (non-hydrogen) atoms. The van der Waals surface area contributed by atoms with Crippen LogP contribution >= 0.6 is 46.4 Å². The highest BCUT2D eigenvalue weighted by molar-refractivity contribution is 6.35. The maximum atomic E-state index is 14.6. The van der Waals surface area contributed by atoms with E-state index in [1.807, 2.05) is 50.2 Å². The summed E-state index contributed by atoms with van der Waals surface area (Å²) in [6, 6.07) is 19.2. The third-order valence-corrected chi connectivity index (χ3v) is 9.39. The van der Waals surface area contributed by atoms with Gasteiger partial charge in [-0.3, -0.25) is 5.43 Å². The molecule has 0 aliphatic heterocycles. The van der Waals surface area contributed by atoms with Crippen molar-refractivity contribution >= 4 is 103 Å². The number of carbonyl (C=O) groups is 2. The fourth-order valence-corrected chi connectivity index (χ4v) is 7.09. The molecule has 3 aromatic carbocycles. The monoisotopic (exact) mass is 803 g/mol. The van der Waals surface area contributed by atoms with Crippen LogP contribution in [0.1, 0.15) is 61.8 Å². The van der Waals surface area contributed by atoms with Crippen molar-refractivity contribution in [2.24, 2.45) is 0 Å². The van der Waals surface area contributed by atoms with Crippen molar-refractivity contribution in [3.8, 4) is 0 Å². The average Bonchev–Trinajstić information content (AvgIpc) is 3.09. The molecule has 3 heterocycles. The molecule has 3 aromatic heterocycles. The molecule has 6 rings (SSSR count). The van der Waals surface area contributed by atoms with Crippen molar-refractivity contribution in [1.82, 2.24) is 25.5 Å². The van der Waals surface area contributed by atoms with Gasteiger partial charge in [0.25, 0.3) is 0 Å². The fraction of sp³-hybridized carbons (Fsp3) is 0.205. The van der Waals surface area contributed by atoms with E-state index in [1.165, 1.54) is 5.12 Å². The summed E-state index contributed by atoms with van der Waals surface area (Å²) >= 11 is 25.1. The summed E-state index contributed by atoms with van der Waals surface area (Å²) in [6.45, 7) is 12.2. The largest absolute Gasteiger partial charge is 0.362 e. The Hall–Kier alpha value is -5.07. The highest BCUT2D eigenvalue weighted by atomic mass is 35.5. The molecule has 278 valence electrons. The zero-order chi connectivity index (χ0) is 38.8. The molecular weight excluding hydrogens is 768 g/mol. The number of carbonyl (C=O) groups excluding carboxylic acids is 2. The quantitative estimate of drug-likeness (QED) is 0.107. The Morgan fingerprint density at radius 1 is 0.704 bits per heavy atom. The number of amides is 4. The van der Waals surface area contributed by atoms with Crippen LogP contribution < -0.4 is 26.6 Å². The van der Waals surface area contributed by atoms with E-state index in [4.69, 9.17) is 56.4 Å². The molecule has 0 aliphatic rings. The molecule has 0 fully saturated rings. The molecule has 4 amide bonds. The van der Waals surface area contributed by atoms with Gasteiger partial charge in [-0.25, -0.2) is 30.0 Å². The van der Waals surface area contributed by atoms with Crippen LogP contribution in [0.25, 0.3) is 21.9 Å². The number of hydrazine groups is 3. The standard InChI is InChI=1S/C39H37Cl4N9O2/c1-20(2)31-18-33(47-37-30(31)8-7-11-44-37)49-52(39(54)46-29-16-26(42)13-27(43)17-29)51(50-38(53)45-28-14-24(40)12-25(41)15-28)34-19-32(21(3)4)35-22(5)9-10-23(6)36(35)48-34/h7-21H,1-6H3,(H,46,54)(H,44,47,49)(H2,45,50,53). The molecule has 0 unspecified atom stereocenters. The smallest absolute Gasteiger partial charge is 0.306 e. The molecule has 4 N–H and O–H groups in total. The molecular formula is C39H37Cl4N9O2. The van der Waals surface area contributed by atoms with E-state index in [0.29, 0.717) is 42.6 Å². The minimum atomic E-state index is -0.762. The van der Waals surface area contributed by atoms with Gasteiger partial charge in [-0.15, -0.1) is 10.2 Å². The van der Waals surface area contributed by atoms with Crippen molar-refractivity contribution in [3.63, 3.8) is 0 Å². The van der Waals surface area contributed by atoms with Crippen molar-refractivity contribution in [1.29, 1.82) is 0 Å². The van der Waals surface area contributed by atoms with Crippen LogP contribution in [0.15, 0.2) is 79.0 Å². The lowest BCUT2D eigenvalue weighted by molar-refractivity contribution is 0.207. The number of benzene rings is 3. The summed E-state index contributed by atoms with van der Waals surface area (Å²) in [5.41, 5.74) is 11.5. The minimum Gasteiger partial charge on any atom is -0.306 e. The van der Waals surface area contributed by atoms with Crippen LogP contribution in [0.5, 0.6) is 0 Å². The second-order valence-corrected chi connectivity index (χ2v) is 15.1. The number of nitrogens with one attached hydrogen (secondary N) is 4. The molecule has 0 saturated heterocycles. The SMILES string of the molecule is Cc1ccc(C)c2c(C(C)C)cc(N(NC(=O)Nc3cc(Cl)cc(Cl)c3)N(Nc3cc(C(C)C)c4cccnc4n3)C(=O)Nc3cc(Cl)cc(Cl)c3)nc12. The Balaban J connectivity index is 1.55. The van der Waals surface area contributed by atoms with Gasteiger partial charge < -0.3 is 10.6 Å². The predicted molar refractivity (Wildman–Crippen MR) is 221 cm³/mol. The molecule has 6 aromatic rings. The van der Waals surface area contributed by atoms with Crippen molar-refractivity contribution in [2.75, 3.05) is 21.2 Å². The number of anilines is 4. The van der Waals surface area contributed by atoms with Crippen LogP contribution in [0.2, 0.25) is 20.1 Å². The number of pyridine rings is 3. The maximum Gasteiger partial charge on any atom is 0.362 e. The summed E-state index contributed by atoms with van der Waals surface area (Å²) in [4.78, 5) is 42.8. The number of nitrogens with zero attached hydrogens (tertiary/aromatic N) is 5. The Morgan fingerprint density at radius 2 is 1.30 bits per heavy atom. The van der Waals surface area contributed by atoms with E-state index >= 15 is 0 Å². The number of fused-ring (bicyclic) bond motifs is 2. The van der Waals surface area contributed by atoms with Gasteiger partial charge >= 0.3 is 12.1 Å². The molecule has 0 spiro atoms. The number of aromatic nitrogens is 3. The van der Waals surface area contributed by atoms with Gasteiger partial charge in [0, 0.05) is 48.4 Å². The van der Waals surface area contributed by atoms with Crippen LogP contribution in [0, 0.1) is 13.8 Å². The maximum absolute atomic E-state index is 14.6. The lowest BCUT2D eigenvalue weighted by atomic mass is 9.94. The zero-order valence-corrected chi connectivity index (χ0v) is 33.2. The van der Waals surface area contributed by atoms with E-state index in [2.05, 4.69) is 54.2 Å². The molecule has 15 heteroatoms. The van der Waals surface area contributed by atoms with Crippen LogP contribution in [-0.4, -0.2) is 32.1 Å². The van der Waals surface area contributed by atoms with Gasteiger partial charge in [0.05, 0.1) is 5.52 Å². The Bertz CT molecular complexity index is 2370. The van der Waals surface area contributed by atoms with E-state index in [9.17, 15) is 9.59 Å². The van der Waals surface area contributed by atoms with E-state index < -0.39 is 12.1 Å². The molecule has 11 nitrogen and oxygen atoms in total. The summed E-state index contributed by atoms with van der Waals surface area (Å²) in [5, 5.41) is 10.9. The van der Waals surface area contributed by atoms with Crippen LogP contribution in [0.3, 0.4) is 0 Å². The topological polar surface area (TPSA) is 127 Å². The summed E-state index contributed by atoms with van der Waals surface area (Å²) in [6.07, 6.45) is 1.65. The lowest BCUT2D eigenvalue weighted by Crippen LogP contribution is -2.60. The second kappa shape index (κ2) is 16.1. The lowest BCUT2D eigenvalue weighted by Gasteiger charge is -2.35. The normalized spacial score (nSPS) is 11.3. The van der Waals surface area contributed by atoms with Crippen molar-refractivity contribution in [3.05, 3.63) is 121 Å². The van der Waals surface area contributed by atoms with Gasteiger partial charge in [0.15, 0.2) is 11.5 Å². The summed E-state index contributed by atoms with van der Waals surface area (Å²) in [7, 11) is 0. The fourth-order valence-electron chi connectivity index (χ4n) is 6.04. The first-order valence-corrected chi connectivity index (χ1v) is 18.5. The van der Waals surface area contributed by atoms with Gasteiger partial charge in [-0.2, -0.15) is 0 Å². The summed E-state index contributed by atoms with van der Waals surface area (Å²) in [5.74, 6) is 0.566. The van der Waals surface area contributed by atoms with Gasteiger partial charge in [-0.05, 0) is 109 Å². The average molecular weight is 806 g/mol. The first-order valence-electron chi connectivity index (χ1n) is 17.0. The molecule has 0 aliphatic carbocycles. The minimum absolute atomic E-state index is 0.0321. The molecule has 0 bridgehead atoms. The predicted octanol–water partition coefficient (Wildman–Crippen LogP) is 11.7. The Kier molecular flexibility index (Phi) is 11.5. The number of rotatable bonds is 9. The number of hydrogen-bond acceptors (Lipinski definition) is 7. The van der Waals surface area contributed by atoms with Crippen molar-refractivity contribution < 1.29 is 9.59 Å². The van der Waals surface area contributed by atoms with Gasteiger partial charge in [0.1, 0.15) is 5.82 Å². The zero-order valence-electron chi connectivity index (χ0n) is 30.2. The Morgan fingerprint density at radius 3 is 1.91 bits per heavy atom. The summed E-state index contributed by atoms with van der Waals surface area (Å²) < 4.78 is 0. The number of hydrogen-bond donors (Lipinski definition) is 4. The first-order chi connectivity index (χ1) is 25.7. The van der Waals surface area contributed by atoms with E-state index in [1.54, 1.807) is 42.6 Å². The number of halogens is 4. The van der Waals surface area contributed by atoms with Crippen LogP contribution in [0.4, 0.5) is 32.6 Å². The van der Waals surface area contributed by atoms with Crippen LogP contribution in [-0.2, 0) is 0 Å². The van der Waals surface area contributed by atoms with Gasteiger partial charge in [0.2, 0.25) is 0 Å². The van der Waals surface area contributed by atoms with Gasteiger partial charge in [-0.1, -0.05) is 86.2 Å². The first kappa shape index (κ1) is 38.6. The Labute approximate surface area is 332 Å². The number of aryl methyl sites for hydroxylation is 2. The number of urea groups is 2. The third kappa shape index (κ3) is 8.66. The van der Waals surface area contributed by atoms with E-state index in [0.717, 1.165) is 38.1 Å². The molecule has 0 saturated carbocycles. The van der Waals surface area contributed by atoms with E-state index in [-0.39, 0.29) is 23.5 Å². The third-order valence-electron chi connectivity index (χ3n) is 8.52. The van der Waals surface area contributed by atoms with Crippen molar-refractivity contribution in [2.45, 2.75) is 53.4 Å². The highest BCUT2D eigenvalue weighted by Gasteiger charge is 2.29. The highest BCUT2D eigenvalue weighted by Crippen LogP contribution is 2.34. The second-order valence-electron chi connectivity index (χ2n) is 13.3. The molecule has 0 atom stereocenters. The molecule has 0 radical (unpaired) electrons.